The number of thioether (sulfide) groups is 1. The molecule has 1 N–H and O–H groups in total. The Hall–Kier alpha value is -3.47. The van der Waals surface area contributed by atoms with Crippen molar-refractivity contribution >= 4 is 35.0 Å². The molecule has 11 heteroatoms. The highest BCUT2D eigenvalue weighted by Gasteiger charge is 2.31. The summed E-state index contributed by atoms with van der Waals surface area (Å²) in [5, 5.41) is 6.80. The molecule has 5 rings (SSSR count). The van der Waals surface area contributed by atoms with Crippen LogP contribution >= 0.6 is 11.8 Å². The maximum absolute atomic E-state index is 13.9. The van der Waals surface area contributed by atoms with Crippen LogP contribution in [0.5, 0.6) is 0 Å². The molecule has 0 unspecified atom stereocenters. The number of benzene rings is 2. The van der Waals surface area contributed by atoms with Gasteiger partial charge in [0.2, 0.25) is 11.7 Å². The second kappa shape index (κ2) is 9.65. The Bertz CT molecular complexity index is 1280. The SMILES string of the molecule is CN1C(=O)[C@@H](NC(=O)c2ncn(Cc3cccc(F)c3F)n2)CSc2ccc(N3CCCC3)cc21. The monoisotopic (exact) mass is 498 g/mol. The standard InChI is InChI=1S/C24H24F2N6O2S/c1-30-19-11-16(31-9-2-3-10-31)7-8-20(19)35-13-18(24(30)34)28-23(33)22-27-14-32(29-22)12-15-5-4-6-17(25)21(15)26/h4-8,11,14,18H,2-3,9-10,12-13H2,1H3,(H,28,33)/t18-/m0/s1. The van der Waals surface area contributed by atoms with E-state index in [2.05, 4.69) is 26.4 Å². The van der Waals surface area contributed by atoms with E-state index in [-0.39, 0.29) is 23.8 Å². The summed E-state index contributed by atoms with van der Waals surface area (Å²) >= 11 is 1.50. The lowest BCUT2D eigenvalue weighted by atomic mass is 10.2. The number of rotatable bonds is 5. The summed E-state index contributed by atoms with van der Waals surface area (Å²) in [6.45, 7) is 1.93. The predicted molar refractivity (Wildman–Crippen MR) is 129 cm³/mol. The van der Waals surface area contributed by atoms with Crippen LogP contribution in [0.4, 0.5) is 20.2 Å². The number of hydrogen-bond donors (Lipinski definition) is 1. The number of aromatic nitrogens is 3. The second-order valence-electron chi connectivity index (χ2n) is 8.56. The highest BCUT2D eigenvalue weighted by atomic mass is 32.2. The summed E-state index contributed by atoms with van der Waals surface area (Å²) in [5.74, 6) is -2.56. The van der Waals surface area contributed by atoms with Crippen LogP contribution in [0.3, 0.4) is 0 Å². The van der Waals surface area contributed by atoms with Crippen molar-refractivity contribution in [1.82, 2.24) is 20.1 Å². The van der Waals surface area contributed by atoms with E-state index < -0.39 is 23.6 Å². The zero-order chi connectivity index (χ0) is 24.5. The van der Waals surface area contributed by atoms with Crippen LogP contribution in [0.2, 0.25) is 0 Å². The molecule has 2 amide bonds. The third-order valence-electron chi connectivity index (χ3n) is 6.22. The fourth-order valence-electron chi connectivity index (χ4n) is 4.30. The molecule has 0 spiro atoms. The molecule has 2 aromatic carbocycles. The summed E-state index contributed by atoms with van der Waals surface area (Å²) in [7, 11) is 1.71. The van der Waals surface area contributed by atoms with Gasteiger partial charge in [-0.15, -0.1) is 16.9 Å². The number of anilines is 2. The van der Waals surface area contributed by atoms with Crippen molar-refractivity contribution in [2.75, 3.05) is 35.7 Å². The minimum Gasteiger partial charge on any atom is -0.371 e. The van der Waals surface area contributed by atoms with Crippen LogP contribution in [-0.2, 0) is 11.3 Å². The van der Waals surface area contributed by atoms with Crippen molar-refractivity contribution in [1.29, 1.82) is 0 Å². The van der Waals surface area contributed by atoms with Gasteiger partial charge in [0.05, 0.1) is 12.2 Å². The Kier molecular flexibility index (Phi) is 6.42. The van der Waals surface area contributed by atoms with E-state index in [1.54, 1.807) is 11.9 Å². The van der Waals surface area contributed by atoms with Gasteiger partial charge in [-0.1, -0.05) is 12.1 Å². The molecule has 182 valence electrons. The number of likely N-dealkylation sites (N-methyl/N-ethyl adjacent to an activating group) is 1. The van der Waals surface area contributed by atoms with Crippen molar-refractivity contribution in [3.05, 3.63) is 65.7 Å². The van der Waals surface area contributed by atoms with Crippen molar-refractivity contribution in [2.45, 2.75) is 30.3 Å². The average Bonchev–Trinajstić information content (AvgIpc) is 3.54. The number of carbonyl (C=O) groups excluding carboxylic acids is 2. The minimum absolute atomic E-state index is 0.0838. The molecule has 0 saturated carbocycles. The quantitative estimate of drug-likeness (QED) is 0.582. The molecule has 0 bridgehead atoms. The topological polar surface area (TPSA) is 83.4 Å². The summed E-state index contributed by atoms with van der Waals surface area (Å²) in [6.07, 6.45) is 3.59. The zero-order valence-electron chi connectivity index (χ0n) is 19.1. The maximum atomic E-state index is 13.9. The number of amides is 2. The van der Waals surface area contributed by atoms with Crippen molar-refractivity contribution in [3.8, 4) is 0 Å². The molecule has 35 heavy (non-hydrogen) atoms. The summed E-state index contributed by atoms with van der Waals surface area (Å²) in [6, 6.07) is 9.23. The van der Waals surface area contributed by atoms with Gasteiger partial charge >= 0.3 is 0 Å². The molecule has 3 heterocycles. The molecule has 0 aliphatic carbocycles. The Balaban J connectivity index is 1.27. The van der Waals surface area contributed by atoms with Gasteiger partial charge in [-0.05, 0) is 37.1 Å². The van der Waals surface area contributed by atoms with Crippen LogP contribution in [0, 0.1) is 11.6 Å². The smallest absolute Gasteiger partial charge is 0.291 e. The first-order valence-electron chi connectivity index (χ1n) is 11.3. The van der Waals surface area contributed by atoms with E-state index in [4.69, 9.17) is 0 Å². The fraction of sp³-hybridized carbons (Fsp3) is 0.333. The Morgan fingerprint density at radius 3 is 2.80 bits per heavy atom. The van der Waals surface area contributed by atoms with Crippen LogP contribution in [0.15, 0.2) is 47.6 Å². The molecule has 1 aromatic heterocycles. The van der Waals surface area contributed by atoms with Crippen LogP contribution in [0.25, 0.3) is 0 Å². The Morgan fingerprint density at radius 2 is 2.00 bits per heavy atom. The summed E-state index contributed by atoms with van der Waals surface area (Å²) in [5.41, 5.74) is 2.00. The van der Waals surface area contributed by atoms with Gasteiger partial charge in [0.1, 0.15) is 12.4 Å². The maximum Gasteiger partial charge on any atom is 0.291 e. The van der Waals surface area contributed by atoms with Crippen LogP contribution < -0.4 is 15.1 Å². The van der Waals surface area contributed by atoms with Crippen LogP contribution in [-0.4, -0.2) is 58.5 Å². The van der Waals surface area contributed by atoms with Crippen molar-refractivity contribution in [2.24, 2.45) is 0 Å². The van der Waals surface area contributed by atoms with Crippen LogP contribution in [0.1, 0.15) is 29.0 Å². The number of nitrogens with zero attached hydrogens (tertiary/aromatic N) is 5. The van der Waals surface area contributed by atoms with E-state index in [1.165, 1.54) is 34.9 Å². The molecule has 2 aliphatic rings. The highest BCUT2D eigenvalue weighted by Crippen LogP contribution is 2.37. The summed E-state index contributed by atoms with van der Waals surface area (Å²) < 4.78 is 28.6. The zero-order valence-corrected chi connectivity index (χ0v) is 19.9. The lowest BCUT2D eigenvalue weighted by Gasteiger charge is -2.24. The van der Waals surface area contributed by atoms with Crippen molar-refractivity contribution in [3.63, 3.8) is 0 Å². The Morgan fingerprint density at radius 1 is 1.20 bits per heavy atom. The molecule has 0 radical (unpaired) electrons. The van der Waals surface area contributed by atoms with E-state index in [1.807, 2.05) is 12.1 Å². The lowest BCUT2D eigenvalue weighted by molar-refractivity contribution is -0.119. The van der Waals surface area contributed by atoms with E-state index in [9.17, 15) is 18.4 Å². The minimum atomic E-state index is -0.967. The molecule has 8 nitrogen and oxygen atoms in total. The number of carbonyl (C=O) groups is 2. The van der Waals surface area contributed by atoms with Gasteiger partial charge in [0.15, 0.2) is 11.6 Å². The van der Waals surface area contributed by atoms with Crippen molar-refractivity contribution < 1.29 is 18.4 Å². The molecular formula is C24H24F2N6O2S. The first kappa shape index (κ1) is 23.3. The number of hydrogen-bond acceptors (Lipinski definition) is 6. The van der Waals surface area contributed by atoms with Gasteiger partial charge in [0, 0.05) is 42.0 Å². The van der Waals surface area contributed by atoms with Gasteiger partial charge < -0.3 is 15.1 Å². The molecule has 2 aliphatic heterocycles. The molecule has 1 fully saturated rings. The number of nitrogens with one attached hydrogen (secondary N) is 1. The largest absolute Gasteiger partial charge is 0.371 e. The lowest BCUT2D eigenvalue weighted by Crippen LogP contribution is -2.48. The normalized spacial score (nSPS) is 17.9. The number of halogens is 2. The van der Waals surface area contributed by atoms with E-state index in [0.717, 1.165) is 48.3 Å². The first-order valence-corrected chi connectivity index (χ1v) is 12.3. The number of fused-ring (bicyclic) bond motifs is 1. The molecule has 1 saturated heterocycles. The second-order valence-corrected chi connectivity index (χ2v) is 9.62. The average molecular weight is 499 g/mol. The van der Waals surface area contributed by atoms with E-state index in [0.29, 0.717) is 5.75 Å². The fourth-order valence-corrected chi connectivity index (χ4v) is 5.39. The van der Waals surface area contributed by atoms with Gasteiger partial charge in [-0.3, -0.25) is 9.59 Å². The third kappa shape index (κ3) is 4.72. The summed E-state index contributed by atoms with van der Waals surface area (Å²) in [4.78, 5) is 34.8. The van der Waals surface area contributed by atoms with E-state index >= 15 is 0 Å². The van der Waals surface area contributed by atoms with Gasteiger partial charge in [-0.25, -0.2) is 18.4 Å². The molecular weight excluding hydrogens is 474 g/mol. The first-order chi connectivity index (χ1) is 16.9. The van der Waals surface area contributed by atoms with Gasteiger partial charge in [-0.2, -0.15) is 0 Å². The molecule has 1 atom stereocenters. The third-order valence-corrected chi connectivity index (χ3v) is 7.37. The Labute approximate surface area is 205 Å². The highest BCUT2D eigenvalue weighted by molar-refractivity contribution is 7.99. The predicted octanol–water partition coefficient (Wildman–Crippen LogP) is 3.07. The molecule has 3 aromatic rings. The van der Waals surface area contributed by atoms with Gasteiger partial charge in [0.25, 0.3) is 5.91 Å².